The SMILES string of the molecule is CC(OC(=O)c1cccc(-n2cccc2)c1)c1nc2ccccc2c(=O)[nH]1. The molecule has 27 heavy (non-hydrogen) atoms. The third kappa shape index (κ3) is 3.37. The predicted octanol–water partition coefficient (Wildman–Crippen LogP) is 3.63. The summed E-state index contributed by atoms with van der Waals surface area (Å²) in [5.74, 6) is -0.166. The lowest BCUT2D eigenvalue weighted by Gasteiger charge is -2.13. The molecule has 0 bridgehead atoms. The Balaban J connectivity index is 1.58. The van der Waals surface area contributed by atoms with Gasteiger partial charge in [0.1, 0.15) is 0 Å². The van der Waals surface area contributed by atoms with E-state index in [0.29, 0.717) is 22.3 Å². The van der Waals surface area contributed by atoms with Crippen molar-refractivity contribution in [3.63, 3.8) is 0 Å². The first-order valence-corrected chi connectivity index (χ1v) is 8.55. The number of H-pyrrole nitrogens is 1. The third-order valence-electron chi connectivity index (χ3n) is 4.28. The van der Waals surface area contributed by atoms with Gasteiger partial charge in [0.05, 0.1) is 16.5 Å². The average Bonchev–Trinajstić information content (AvgIpc) is 3.23. The van der Waals surface area contributed by atoms with Gasteiger partial charge in [-0.1, -0.05) is 18.2 Å². The van der Waals surface area contributed by atoms with Crippen LogP contribution in [-0.4, -0.2) is 20.5 Å². The number of esters is 1. The van der Waals surface area contributed by atoms with E-state index in [9.17, 15) is 9.59 Å². The normalized spacial score (nSPS) is 12.0. The van der Waals surface area contributed by atoms with Crippen molar-refractivity contribution in [3.05, 3.63) is 94.8 Å². The van der Waals surface area contributed by atoms with E-state index in [-0.39, 0.29) is 5.56 Å². The summed E-state index contributed by atoms with van der Waals surface area (Å²) in [7, 11) is 0. The lowest BCUT2D eigenvalue weighted by atomic mass is 10.2. The molecule has 0 amide bonds. The van der Waals surface area contributed by atoms with Crippen LogP contribution in [0.3, 0.4) is 0 Å². The third-order valence-corrected chi connectivity index (χ3v) is 4.28. The lowest BCUT2D eigenvalue weighted by Crippen LogP contribution is -2.17. The molecule has 0 fully saturated rings. The van der Waals surface area contributed by atoms with Crippen molar-refractivity contribution in [2.24, 2.45) is 0 Å². The number of carbonyl (C=O) groups excluding carboxylic acids is 1. The zero-order valence-electron chi connectivity index (χ0n) is 14.6. The smallest absolute Gasteiger partial charge is 0.338 e. The number of aromatic amines is 1. The van der Waals surface area contributed by atoms with Gasteiger partial charge in [0.15, 0.2) is 11.9 Å². The molecule has 2 aromatic carbocycles. The van der Waals surface area contributed by atoms with Gasteiger partial charge in [0, 0.05) is 18.1 Å². The summed E-state index contributed by atoms with van der Waals surface area (Å²) < 4.78 is 7.42. The van der Waals surface area contributed by atoms with E-state index in [4.69, 9.17) is 4.74 Å². The fourth-order valence-electron chi connectivity index (χ4n) is 2.88. The molecule has 0 saturated heterocycles. The topological polar surface area (TPSA) is 77.0 Å². The maximum atomic E-state index is 12.5. The summed E-state index contributed by atoms with van der Waals surface area (Å²) in [6, 6.07) is 18.0. The molecule has 4 aromatic rings. The Kier molecular flexibility index (Phi) is 4.30. The second-order valence-electron chi connectivity index (χ2n) is 6.16. The molecule has 2 heterocycles. The molecule has 0 saturated carbocycles. The lowest BCUT2D eigenvalue weighted by molar-refractivity contribution is 0.0320. The number of carbonyl (C=O) groups is 1. The number of hydrogen-bond donors (Lipinski definition) is 1. The monoisotopic (exact) mass is 359 g/mol. The Hall–Kier alpha value is -3.67. The molecule has 1 unspecified atom stereocenters. The van der Waals surface area contributed by atoms with Crippen LogP contribution < -0.4 is 5.56 Å². The molecular formula is C21H17N3O3. The van der Waals surface area contributed by atoms with Crippen LogP contribution >= 0.6 is 0 Å². The predicted molar refractivity (Wildman–Crippen MR) is 102 cm³/mol. The van der Waals surface area contributed by atoms with Crippen molar-refractivity contribution in [1.82, 2.24) is 14.5 Å². The van der Waals surface area contributed by atoms with Crippen molar-refractivity contribution in [3.8, 4) is 5.69 Å². The summed E-state index contributed by atoms with van der Waals surface area (Å²) in [6.07, 6.45) is 3.11. The standard InChI is InChI=1S/C21H17N3O3/c1-14(19-22-18-10-3-2-9-17(18)20(25)23-19)27-21(26)15-7-6-8-16(13-15)24-11-4-5-12-24/h2-14H,1H3,(H,22,23,25). The maximum Gasteiger partial charge on any atom is 0.338 e. The molecule has 0 radical (unpaired) electrons. The van der Waals surface area contributed by atoms with Gasteiger partial charge in [-0.2, -0.15) is 0 Å². The van der Waals surface area contributed by atoms with E-state index in [1.807, 2.05) is 41.2 Å². The molecule has 0 aliphatic heterocycles. The van der Waals surface area contributed by atoms with E-state index < -0.39 is 12.1 Å². The number of aromatic nitrogens is 3. The van der Waals surface area contributed by atoms with E-state index >= 15 is 0 Å². The van der Waals surface area contributed by atoms with Crippen molar-refractivity contribution in [2.75, 3.05) is 0 Å². The highest BCUT2D eigenvalue weighted by Crippen LogP contribution is 2.18. The van der Waals surface area contributed by atoms with Crippen LogP contribution in [0.25, 0.3) is 16.6 Å². The first-order chi connectivity index (χ1) is 13.1. The van der Waals surface area contributed by atoms with Crippen molar-refractivity contribution >= 4 is 16.9 Å². The van der Waals surface area contributed by atoms with Crippen LogP contribution in [0, 0.1) is 0 Å². The van der Waals surface area contributed by atoms with E-state index in [1.54, 1.807) is 43.3 Å². The maximum absolute atomic E-state index is 12.5. The molecular weight excluding hydrogens is 342 g/mol. The molecule has 1 atom stereocenters. The van der Waals surface area contributed by atoms with Gasteiger partial charge < -0.3 is 14.3 Å². The number of ether oxygens (including phenoxy) is 1. The fraction of sp³-hybridized carbons (Fsp3) is 0.0952. The van der Waals surface area contributed by atoms with Crippen molar-refractivity contribution in [1.29, 1.82) is 0 Å². The Morgan fingerprint density at radius 2 is 1.85 bits per heavy atom. The van der Waals surface area contributed by atoms with Gasteiger partial charge >= 0.3 is 5.97 Å². The molecule has 0 aliphatic carbocycles. The molecule has 2 aromatic heterocycles. The average molecular weight is 359 g/mol. The molecule has 134 valence electrons. The minimum Gasteiger partial charge on any atom is -0.451 e. The van der Waals surface area contributed by atoms with Crippen LogP contribution in [0.4, 0.5) is 0 Å². The molecule has 0 spiro atoms. The number of rotatable bonds is 4. The fourth-order valence-corrected chi connectivity index (χ4v) is 2.88. The minimum atomic E-state index is -0.690. The van der Waals surface area contributed by atoms with Crippen LogP contribution in [0.1, 0.15) is 29.2 Å². The number of benzene rings is 2. The zero-order valence-corrected chi connectivity index (χ0v) is 14.6. The summed E-state index contributed by atoms with van der Waals surface area (Å²) in [6.45, 7) is 1.68. The highest BCUT2D eigenvalue weighted by Gasteiger charge is 2.17. The number of nitrogens with zero attached hydrogens (tertiary/aromatic N) is 2. The first-order valence-electron chi connectivity index (χ1n) is 8.55. The van der Waals surface area contributed by atoms with Crippen LogP contribution in [0.5, 0.6) is 0 Å². The molecule has 6 heteroatoms. The summed E-state index contributed by atoms with van der Waals surface area (Å²) in [5, 5.41) is 0.499. The number of fused-ring (bicyclic) bond motifs is 1. The highest BCUT2D eigenvalue weighted by molar-refractivity contribution is 5.90. The van der Waals surface area contributed by atoms with Crippen LogP contribution in [0.15, 0.2) is 77.9 Å². The Labute approximate surface area is 155 Å². The highest BCUT2D eigenvalue weighted by atomic mass is 16.5. The zero-order chi connectivity index (χ0) is 18.8. The Morgan fingerprint density at radius 3 is 2.67 bits per heavy atom. The van der Waals surface area contributed by atoms with Gasteiger partial charge in [-0.05, 0) is 49.4 Å². The van der Waals surface area contributed by atoms with Gasteiger partial charge in [0.2, 0.25) is 0 Å². The van der Waals surface area contributed by atoms with Gasteiger partial charge in [0.25, 0.3) is 5.56 Å². The number of nitrogens with one attached hydrogen (secondary N) is 1. The van der Waals surface area contributed by atoms with Gasteiger partial charge in [-0.3, -0.25) is 4.79 Å². The van der Waals surface area contributed by atoms with E-state index in [1.165, 1.54) is 0 Å². The van der Waals surface area contributed by atoms with Crippen molar-refractivity contribution < 1.29 is 9.53 Å². The van der Waals surface area contributed by atoms with Gasteiger partial charge in [-0.25, -0.2) is 9.78 Å². The molecule has 0 aliphatic rings. The van der Waals surface area contributed by atoms with Crippen molar-refractivity contribution in [2.45, 2.75) is 13.0 Å². The quantitative estimate of drug-likeness (QED) is 0.565. The summed E-state index contributed by atoms with van der Waals surface area (Å²) in [5.41, 5.74) is 1.59. The second-order valence-corrected chi connectivity index (χ2v) is 6.16. The summed E-state index contributed by atoms with van der Waals surface area (Å²) in [4.78, 5) is 31.8. The van der Waals surface area contributed by atoms with E-state index in [0.717, 1.165) is 5.69 Å². The number of hydrogen-bond acceptors (Lipinski definition) is 4. The molecule has 4 rings (SSSR count). The van der Waals surface area contributed by atoms with Gasteiger partial charge in [-0.15, -0.1) is 0 Å². The minimum absolute atomic E-state index is 0.256. The van der Waals surface area contributed by atoms with Crippen LogP contribution in [0.2, 0.25) is 0 Å². The van der Waals surface area contributed by atoms with Crippen LogP contribution in [-0.2, 0) is 4.74 Å². The molecule has 6 nitrogen and oxygen atoms in total. The largest absolute Gasteiger partial charge is 0.451 e. The Morgan fingerprint density at radius 1 is 1.07 bits per heavy atom. The summed E-state index contributed by atoms with van der Waals surface area (Å²) >= 11 is 0. The Bertz CT molecular complexity index is 1160. The second kappa shape index (κ2) is 6.92. The first kappa shape index (κ1) is 16.8. The molecule has 1 N–H and O–H groups in total. The van der Waals surface area contributed by atoms with E-state index in [2.05, 4.69) is 9.97 Å². The number of para-hydroxylation sites is 1.